The van der Waals surface area contributed by atoms with E-state index in [9.17, 15) is 5.11 Å². The summed E-state index contributed by atoms with van der Waals surface area (Å²) in [4.78, 5) is 5.54. The molecule has 0 aliphatic carbocycles. The summed E-state index contributed by atoms with van der Waals surface area (Å²) in [5.74, 6) is 2.17. The first-order chi connectivity index (χ1) is 9.74. The smallest absolute Gasteiger partial charge is 0.150 e. The summed E-state index contributed by atoms with van der Waals surface area (Å²) < 4.78 is 6.71. The number of ether oxygens (including phenoxy) is 1. The fraction of sp³-hybridized carbons (Fsp3) is 0.357. The van der Waals surface area contributed by atoms with Gasteiger partial charge in [0.1, 0.15) is 10.1 Å². The largest absolute Gasteiger partial charge is 0.508 e. The highest BCUT2D eigenvalue weighted by atomic mass is 32.2. The average molecular weight is 327 g/mol. The van der Waals surface area contributed by atoms with Gasteiger partial charge in [-0.3, -0.25) is 0 Å². The number of thiazole rings is 1. The Kier molecular flexibility index (Phi) is 6.72. The number of aromatic nitrogens is 1. The van der Waals surface area contributed by atoms with Crippen molar-refractivity contribution in [1.82, 2.24) is 4.98 Å². The summed E-state index contributed by atoms with van der Waals surface area (Å²) in [5.41, 5.74) is 1.09. The minimum Gasteiger partial charge on any atom is -0.508 e. The Hall–Kier alpha value is -0.690. The van der Waals surface area contributed by atoms with Crippen LogP contribution in [0.15, 0.2) is 38.9 Å². The van der Waals surface area contributed by atoms with Gasteiger partial charge in [-0.25, -0.2) is 4.98 Å². The van der Waals surface area contributed by atoms with Crippen LogP contribution < -0.4 is 0 Å². The Bertz CT molecular complexity index is 513. The zero-order valence-corrected chi connectivity index (χ0v) is 13.7. The first-order valence-corrected chi connectivity index (χ1v) is 9.13. The quantitative estimate of drug-likeness (QED) is 0.585. The molecule has 2 aromatic rings. The molecule has 6 heteroatoms. The van der Waals surface area contributed by atoms with Crippen LogP contribution in [0.25, 0.3) is 0 Å². The molecule has 0 unspecified atom stereocenters. The second-order valence-electron chi connectivity index (χ2n) is 4.06. The topological polar surface area (TPSA) is 42.4 Å². The molecule has 0 saturated carbocycles. The summed E-state index contributed by atoms with van der Waals surface area (Å²) in [5, 5.41) is 11.2. The molecule has 1 heterocycles. The number of hydrogen-bond acceptors (Lipinski definition) is 6. The van der Waals surface area contributed by atoms with Crippen molar-refractivity contribution in [2.45, 2.75) is 16.2 Å². The van der Waals surface area contributed by atoms with Crippen molar-refractivity contribution >= 4 is 34.9 Å². The second kappa shape index (κ2) is 8.56. The maximum Gasteiger partial charge on any atom is 0.150 e. The molecule has 108 valence electrons. The summed E-state index contributed by atoms with van der Waals surface area (Å²) in [6.07, 6.45) is 0. The predicted octanol–water partition coefficient (Wildman–Crippen LogP) is 4.06. The number of hydrogen-bond donors (Lipinski definition) is 1. The summed E-state index contributed by atoms with van der Waals surface area (Å²) in [6.45, 7) is 3.50. The van der Waals surface area contributed by atoms with Gasteiger partial charge in [0, 0.05) is 27.5 Å². The molecule has 0 saturated heterocycles. The van der Waals surface area contributed by atoms with Crippen molar-refractivity contribution in [3.8, 4) is 5.75 Å². The molecule has 0 radical (unpaired) electrons. The van der Waals surface area contributed by atoms with Gasteiger partial charge in [0.05, 0.1) is 13.2 Å². The molecule has 0 spiro atoms. The lowest BCUT2D eigenvalue weighted by molar-refractivity contribution is 0.167. The van der Waals surface area contributed by atoms with E-state index in [1.165, 1.54) is 0 Å². The molecule has 0 aliphatic rings. The maximum absolute atomic E-state index is 9.18. The Morgan fingerprint density at radius 1 is 1.15 bits per heavy atom. The van der Waals surface area contributed by atoms with Gasteiger partial charge in [-0.05, 0) is 31.2 Å². The van der Waals surface area contributed by atoms with Crippen molar-refractivity contribution in [2.24, 2.45) is 0 Å². The van der Waals surface area contributed by atoms with Gasteiger partial charge >= 0.3 is 0 Å². The number of phenols is 1. The van der Waals surface area contributed by atoms with Crippen molar-refractivity contribution in [3.63, 3.8) is 0 Å². The van der Waals surface area contributed by atoms with Gasteiger partial charge in [-0.1, -0.05) is 11.8 Å². The Morgan fingerprint density at radius 2 is 1.85 bits per heavy atom. The lowest BCUT2D eigenvalue weighted by atomic mass is 10.3. The Morgan fingerprint density at radius 3 is 2.50 bits per heavy atom. The summed E-state index contributed by atoms with van der Waals surface area (Å²) in [7, 11) is 0. The second-order valence-corrected chi connectivity index (χ2v) is 7.43. The number of thioether (sulfide) groups is 2. The predicted molar refractivity (Wildman–Crippen MR) is 87.2 cm³/mol. The van der Waals surface area contributed by atoms with Crippen molar-refractivity contribution in [1.29, 1.82) is 0 Å². The van der Waals surface area contributed by atoms with Crippen LogP contribution in [-0.4, -0.2) is 34.8 Å². The number of nitrogens with zero attached hydrogens (tertiary/aromatic N) is 1. The third kappa shape index (κ3) is 5.75. The van der Waals surface area contributed by atoms with Crippen LogP contribution in [0.4, 0.5) is 0 Å². The van der Waals surface area contributed by atoms with Crippen molar-refractivity contribution < 1.29 is 9.84 Å². The molecule has 3 nitrogen and oxygen atoms in total. The van der Waals surface area contributed by atoms with Crippen LogP contribution in [0.1, 0.15) is 5.69 Å². The molecular weight excluding hydrogens is 310 g/mol. The number of rotatable bonds is 8. The van der Waals surface area contributed by atoms with Crippen LogP contribution in [0.3, 0.4) is 0 Å². The number of aryl methyl sites for hydroxylation is 1. The van der Waals surface area contributed by atoms with Gasteiger partial charge in [-0.15, -0.1) is 23.1 Å². The molecule has 1 aromatic carbocycles. The molecule has 1 N–H and O–H groups in total. The fourth-order valence-electron chi connectivity index (χ4n) is 1.45. The maximum atomic E-state index is 9.18. The van der Waals surface area contributed by atoms with Crippen LogP contribution in [0, 0.1) is 6.92 Å². The zero-order chi connectivity index (χ0) is 14.2. The van der Waals surface area contributed by atoms with E-state index in [1.54, 1.807) is 47.0 Å². The normalized spacial score (nSPS) is 10.8. The Balaban J connectivity index is 1.50. The van der Waals surface area contributed by atoms with Crippen LogP contribution in [-0.2, 0) is 4.74 Å². The molecule has 0 atom stereocenters. The minimum atomic E-state index is 0.306. The minimum absolute atomic E-state index is 0.306. The first kappa shape index (κ1) is 15.7. The standard InChI is InChI=1S/C14H17NO2S3/c1-11-10-20-14(15-11)19-9-7-17-6-8-18-13-4-2-12(16)3-5-13/h2-5,10,16H,6-9H2,1H3. The SMILES string of the molecule is Cc1csc(SCCOCCSc2ccc(O)cc2)n1. The Labute approximate surface area is 131 Å². The number of phenolic OH excluding ortho intramolecular Hbond substituents is 1. The molecular formula is C14H17NO2S3. The van der Waals surface area contributed by atoms with Gasteiger partial charge in [-0.2, -0.15) is 0 Å². The molecule has 1 aromatic heterocycles. The average Bonchev–Trinajstić information content (AvgIpc) is 2.85. The molecule has 0 amide bonds. The van der Waals surface area contributed by atoms with E-state index < -0.39 is 0 Å². The third-order valence-electron chi connectivity index (χ3n) is 2.38. The van der Waals surface area contributed by atoms with Crippen LogP contribution in [0.5, 0.6) is 5.75 Å². The summed E-state index contributed by atoms with van der Waals surface area (Å²) in [6, 6.07) is 7.24. The van der Waals surface area contributed by atoms with E-state index in [0.717, 1.165) is 39.6 Å². The van der Waals surface area contributed by atoms with Crippen molar-refractivity contribution in [2.75, 3.05) is 24.7 Å². The van der Waals surface area contributed by atoms with Crippen LogP contribution in [0.2, 0.25) is 0 Å². The molecule has 0 aliphatic heterocycles. The van der Waals surface area contributed by atoms with Gasteiger partial charge in [0.15, 0.2) is 0 Å². The van der Waals surface area contributed by atoms with E-state index in [1.807, 2.05) is 19.1 Å². The first-order valence-electron chi connectivity index (χ1n) is 6.28. The molecule has 0 bridgehead atoms. The van der Waals surface area contributed by atoms with Gasteiger partial charge in [0.2, 0.25) is 0 Å². The monoisotopic (exact) mass is 327 g/mol. The number of benzene rings is 1. The zero-order valence-electron chi connectivity index (χ0n) is 11.2. The van der Waals surface area contributed by atoms with E-state index in [0.29, 0.717) is 5.75 Å². The van der Waals surface area contributed by atoms with E-state index in [-0.39, 0.29) is 0 Å². The van der Waals surface area contributed by atoms with E-state index in [4.69, 9.17) is 4.74 Å². The lowest BCUT2D eigenvalue weighted by Gasteiger charge is -2.04. The van der Waals surface area contributed by atoms with Crippen molar-refractivity contribution in [3.05, 3.63) is 35.3 Å². The van der Waals surface area contributed by atoms with Gasteiger partial charge in [0.25, 0.3) is 0 Å². The van der Waals surface area contributed by atoms with E-state index >= 15 is 0 Å². The fourth-order valence-corrected chi connectivity index (χ4v) is 3.99. The highest BCUT2D eigenvalue weighted by molar-refractivity contribution is 8.01. The number of aromatic hydroxyl groups is 1. The highest BCUT2D eigenvalue weighted by Gasteiger charge is 1.99. The van der Waals surface area contributed by atoms with Crippen LogP contribution >= 0.6 is 34.9 Å². The van der Waals surface area contributed by atoms with Gasteiger partial charge < -0.3 is 9.84 Å². The third-order valence-corrected chi connectivity index (χ3v) is 5.46. The lowest BCUT2D eigenvalue weighted by Crippen LogP contribution is -2.01. The molecule has 0 fully saturated rings. The van der Waals surface area contributed by atoms with E-state index in [2.05, 4.69) is 10.4 Å². The highest BCUT2D eigenvalue weighted by Crippen LogP contribution is 2.22. The molecule has 20 heavy (non-hydrogen) atoms. The summed E-state index contributed by atoms with van der Waals surface area (Å²) >= 11 is 5.17. The molecule has 2 rings (SSSR count).